The third-order valence-corrected chi connectivity index (χ3v) is 5.64. The number of halogens is 1. The molecular formula is C24H16BrNO5. The highest BCUT2D eigenvalue weighted by atomic mass is 79.9. The fourth-order valence-electron chi connectivity index (χ4n) is 3.64. The Morgan fingerprint density at radius 1 is 1.03 bits per heavy atom. The number of furan rings is 1. The Morgan fingerprint density at radius 3 is 2.58 bits per heavy atom. The molecule has 31 heavy (non-hydrogen) atoms. The minimum atomic E-state index is -0.944. The van der Waals surface area contributed by atoms with E-state index in [-0.39, 0.29) is 5.76 Å². The molecule has 154 valence electrons. The Morgan fingerprint density at radius 2 is 1.81 bits per heavy atom. The number of benzene rings is 3. The maximum Gasteiger partial charge on any atom is 0.342 e. The van der Waals surface area contributed by atoms with E-state index in [4.69, 9.17) is 13.9 Å². The van der Waals surface area contributed by atoms with Gasteiger partial charge < -0.3 is 13.9 Å². The molecular weight excluding hydrogens is 462 g/mol. The van der Waals surface area contributed by atoms with Crippen LogP contribution in [0.25, 0.3) is 11.0 Å². The van der Waals surface area contributed by atoms with Crippen molar-refractivity contribution < 1.29 is 23.5 Å². The third kappa shape index (κ3) is 3.37. The van der Waals surface area contributed by atoms with Gasteiger partial charge in [-0.25, -0.2) is 4.79 Å². The molecule has 4 aromatic rings. The van der Waals surface area contributed by atoms with Gasteiger partial charge in [0.1, 0.15) is 11.3 Å². The maximum absolute atomic E-state index is 13.6. The summed E-state index contributed by atoms with van der Waals surface area (Å²) in [5.41, 5.74) is 2.01. The van der Waals surface area contributed by atoms with E-state index in [1.54, 1.807) is 67.8 Å². The highest BCUT2D eigenvalue weighted by molar-refractivity contribution is 9.10. The van der Waals surface area contributed by atoms with Crippen molar-refractivity contribution in [1.29, 1.82) is 0 Å². The number of fused-ring (bicyclic) bond motifs is 2. The summed E-state index contributed by atoms with van der Waals surface area (Å²) in [6, 6.07) is 21.1. The second kappa shape index (κ2) is 7.59. The number of nitrogens with zero attached hydrogens (tertiary/aromatic N) is 1. The number of hydrogen-bond donors (Lipinski definition) is 0. The monoisotopic (exact) mass is 477 g/mol. The van der Waals surface area contributed by atoms with Crippen molar-refractivity contribution in [3.05, 3.63) is 94.2 Å². The normalized spacial score (nSPS) is 15.5. The van der Waals surface area contributed by atoms with Crippen LogP contribution in [0, 0.1) is 0 Å². The zero-order valence-corrected chi connectivity index (χ0v) is 18.0. The number of para-hydroxylation sites is 1. The smallest absolute Gasteiger partial charge is 0.342 e. The van der Waals surface area contributed by atoms with Gasteiger partial charge in [0, 0.05) is 15.4 Å². The molecule has 7 heteroatoms. The van der Waals surface area contributed by atoms with Gasteiger partial charge in [-0.3, -0.25) is 9.69 Å². The molecule has 1 aliphatic heterocycles. The highest BCUT2D eigenvalue weighted by Crippen LogP contribution is 2.39. The zero-order valence-electron chi connectivity index (χ0n) is 16.4. The second-order valence-electron chi connectivity index (χ2n) is 7.02. The first-order valence-corrected chi connectivity index (χ1v) is 10.3. The molecule has 0 N–H and O–H groups in total. The first-order valence-electron chi connectivity index (χ1n) is 9.52. The number of esters is 1. The number of ether oxygens (including phenoxy) is 2. The summed E-state index contributed by atoms with van der Waals surface area (Å²) in [4.78, 5) is 27.7. The van der Waals surface area contributed by atoms with E-state index in [1.807, 2.05) is 12.1 Å². The van der Waals surface area contributed by atoms with Gasteiger partial charge in [-0.1, -0.05) is 28.1 Å². The molecule has 1 aromatic heterocycles. The molecule has 6 nitrogen and oxygen atoms in total. The SMILES string of the molecule is COc1ccc([C@@H]2OC(=O)c3ccccc3N2C(=O)c2cc3cc(Br)ccc3o2)cc1. The summed E-state index contributed by atoms with van der Waals surface area (Å²) in [5.74, 6) is -0.0894. The van der Waals surface area contributed by atoms with Crippen LogP contribution in [0.15, 0.2) is 81.7 Å². The molecule has 0 aliphatic carbocycles. The molecule has 0 saturated heterocycles. The number of cyclic esters (lactones) is 1. The Bertz CT molecular complexity index is 1310. The lowest BCUT2D eigenvalue weighted by Gasteiger charge is -2.35. The summed E-state index contributed by atoms with van der Waals surface area (Å²) >= 11 is 3.43. The van der Waals surface area contributed by atoms with Crippen LogP contribution in [0.2, 0.25) is 0 Å². The van der Waals surface area contributed by atoms with Crippen LogP contribution in [0.5, 0.6) is 5.75 Å². The first-order chi connectivity index (χ1) is 15.0. The lowest BCUT2D eigenvalue weighted by Crippen LogP contribution is -2.41. The maximum atomic E-state index is 13.6. The zero-order chi connectivity index (χ0) is 21.5. The lowest BCUT2D eigenvalue weighted by atomic mass is 10.1. The second-order valence-corrected chi connectivity index (χ2v) is 7.93. The van der Waals surface area contributed by atoms with Gasteiger partial charge in [0.05, 0.1) is 18.4 Å². The first kappa shape index (κ1) is 19.4. The van der Waals surface area contributed by atoms with Crippen molar-refractivity contribution in [2.45, 2.75) is 6.23 Å². The van der Waals surface area contributed by atoms with Gasteiger partial charge in [-0.05, 0) is 60.7 Å². The molecule has 0 saturated carbocycles. The van der Waals surface area contributed by atoms with Crippen LogP contribution >= 0.6 is 15.9 Å². The molecule has 0 fully saturated rings. The van der Waals surface area contributed by atoms with E-state index >= 15 is 0 Å². The summed E-state index contributed by atoms with van der Waals surface area (Å²) in [7, 11) is 1.57. The molecule has 0 radical (unpaired) electrons. The fourth-order valence-corrected chi connectivity index (χ4v) is 4.02. The quantitative estimate of drug-likeness (QED) is 0.353. The van der Waals surface area contributed by atoms with Crippen LogP contribution in [0.1, 0.15) is 32.7 Å². The van der Waals surface area contributed by atoms with Crippen LogP contribution in [0.4, 0.5) is 5.69 Å². The number of carbonyl (C=O) groups is 2. The Hall–Kier alpha value is -3.58. The van der Waals surface area contributed by atoms with E-state index in [1.165, 1.54) is 4.90 Å². The molecule has 5 rings (SSSR count). The van der Waals surface area contributed by atoms with Crippen molar-refractivity contribution in [3.8, 4) is 5.75 Å². The largest absolute Gasteiger partial charge is 0.497 e. The average Bonchev–Trinajstić information content (AvgIpc) is 3.22. The van der Waals surface area contributed by atoms with Crippen LogP contribution in [0.3, 0.4) is 0 Å². The minimum Gasteiger partial charge on any atom is -0.497 e. The number of methoxy groups -OCH3 is 1. The van der Waals surface area contributed by atoms with Gasteiger partial charge in [0.2, 0.25) is 6.23 Å². The van der Waals surface area contributed by atoms with E-state index in [2.05, 4.69) is 15.9 Å². The molecule has 1 amide bonds. The van der Waals surface area contributed by atoms with Crippen LogP contribution < -0.4 is 9.64 Å². The number of amides is 1. The molecule has 1 atom stereocenters. The van der Waals surface area contributed by atoms with E-state index < -0.39 is 18.1 Å². The summed E-state index contributed by atoms with van der Waals surface area (Å²) < 4.78 is 17.6. The summed E-state index contributed by atoms with van der Waals surface area (Å²) in [6.07, 6.45) is -0.944. The predicted molar refractivity (Wildman–Crippen MR) is 118 cm³/mol. The van der Waals surface area contributed by atoms with E-state index in [0.717, 1.165) is 9.86 Å². The van der Waals surface area contributed by atoms with Crippen LogP contribution in [-0.2, 0) is 4.74 Å². The topological polar surface area (TPSA) is 69.0 Å². The van der Waals surface area contributed by atoms with Gasteiger partial charge in [-0.15, -0.1) is 0 Å². The van der Waals surface area contributed by atoms with Crippen molar-refractivity contribution in [1.82, 2.24) is 0 Å². The van der Waals surface area contributed by atoms with Gasteiger partial charge >= 0.3 is 5.97 Å². The van der Waals surface area contributed by atoms with Crippen molar-refractivity contribution in [2.24, 2.45) is 0 Å². The number of hydrogen-bond acceptors (Lipinski definition) is 5. The van der Waals surface area contributed by atoms with Crippen LogP contribution in [-0.4, -0.2) is 19.0 Å². The Labute approximate surface area is 186 Å². The van der Waals surface area contributed by atoms with E-state index in [9.17, 15) is 9.59 Å². The highest BCUT2D eigenvalue weighted by Gasteiger charge is 2.39. The van der Waals surface area contributed by atoms with Crippen molar-refractivity contribution >= 4 is 44.5 Å². The number of rotatable bonds is 3. The summed E-state index contributed by atoms with van der Waals surface area (Å²) in [5, 5.41) is 0.793. The number of anilines is 1. The molecule has 2 heterocycles. The molecule has 0 unspecified atom stereocenters. The number of carbonyl (C=O) groups excluding carboxylic acids is 2. The van der Waals surface area contributed by atoms with Gasteiger partial charge in [0.25, 0.3) is 5.91 Å². The fraction of sp³-hybridized carbons (Fsp3) is 0.0833. The lowest BCUT2D eigenvalue weighted by molar-refractivity contribution is 0.0246. The van der Waals surface area contributed by atoms with E-state index in [0.29, 0.717) is 28.1 Å². The Balaban J connectivity index is 1.63. The average molecular weight is 478 g/mol. The minimum absolute atomic E-state index is 0.152. The summed E-state index contributed by atoms with van der Waals surface area (Å²) in [6.45, 7) is 0. The standard InChI is InChI=1S/C24H16BrNO5/c1-29-17-9-6-14(7-10-17)23-26(19-5-3-2-4-18(19)24(28)31-23)22(27)21-13-15-12-16(25)8-11-20(15)30-21/h2-13,23H,1H3/t23-/m0/s1. The van der Waals surface area contributed by atoms with Crippen molar-refractivity contribution in [3.63, 3.8) is 0 Å². The predicted octanol–water partition coefficient (Wildman–Crippen LogP) is 5.72. The molecule has 3 aromatic carbocycles. The van der Waals surface area contributed by atoms with Gasteiger partial charge in [0.15, 0.2) is 5.76 Å². The molecule has 0 spiro atoms. The molecule has 0 bridgehead atoms. The van der Waals surface area contributed by atoms with Gasteiger partial charge in [-0.2, -0.15) is 0 Å². The molecule has 1 aliphatic rings. The Kier molecular flexibility index (Phi) is 4.75. The van der Waals surface area contributed by atoms with Crippen molar-refractivity contribution in [2.75, 3.05) is 12.0 Å². The third-order valence-electron chi connectivity index (χ3n) is 5.15.